The molecule has 0 aliphatic rings. The number of halogens is 1. The van der Waals surface area contributed by atoms with E-state index in [9.17, 15) is 8.42 Å². The maximum Gasteiger partial charge on any atom is 0.243 e. The van der Waals surface area contributed by atoms with Gasteiger partial charge in [0.15, 0.2) is 0 Å². The van der Waals surface area contributed by atoms with E-state index in [-0.39, 0.29) is 4.90 Å². The summed E-state index contributed by atoms with van der Waals surface area (Å²) in [5.74, 6) is 0. The minimum atomic E-state index is -3.70. The lowest BCUT2D eigenvalue weighted by Crippen LogP contribution is -2.42. The second kappa shape index (κ2) is 4.77. The van der Waals surface area contributed by atoms with Gasteiger partial charge in [-0.05, 0) is 54.4 Å². The molecule has 1 aromatic rings. The second-order valence-corrected chi connectivity index (χ2v) is 6.78. The van der Waals surface area contributed by atoms with Gasteiger partial charge in [0, 0.05) is 4.47 Å². The van der Waals surface area contributed by atoms with Crippen molar-refractivity contribution in [1.29, 1.82) is 5.26 Å². The highest BCUT2D eigenvalue weighted by Gasteiger charge is 2.27. The Kier molecular flexibility index (Phi) is 3.97. The van der Waals surface area contributed by atoms with Crippen LogP contribution in [-0.4, -0.2) is 14.0 Å². The Labute approximate surface area is 110 Å². The van der Waals surface area contributed by atoms with Crippen molar-refractivity contribution in [2.45, 2.75) is 31.2 Å². The highest BCUT2D eigenvalue weighted by atomic mass is 79.9. The molecule has 4 nitrogen and oxygen atoms in total. The number of hydrogen-bond donors (Lipinski definition) is 1. The van der Waals surface area contributed by atoms with E-state index in [1.54, 1.807) is 25.1 Å². The van der Waals surface area contributed by atoms with Crippen LogP contribution in [0.3, 0.4) is 0 Å². The normalized spacial score (nSPS) is 12.2. The summed E-state index contributed by atoms with van der Waals surface area (Å²) in [4.78, 5) is 0.140. The Hall–Kier alpha value is -0.900. The van der Waals surface area contributed by atoms with Crippen molar-refractivity contribution in [3.8, 4) is 6.07 Å². The zero-order valence-electron chi connectivity index (χ0n) is 9.78. The number of nitrogens with zero attached hydrogens (tertiary/aromatic N) is 1. The van der Waals surface area contributed by atoms with Gasteiger partial charge in [-0.3, -0.25) is 0 Å². The zero-order valence-corrected chi connectivity index (χ0v) is 12.2. The molecule has 0 saturated carbocycles. The van der Waals surface area contributed by atoms with Crippen LogP contribution in [0.1, 0.15) is 19.4 Å². The molecule has 92 valence electrons. The smallest absolute Gasteiger partial charge is 0.207 e. The van der Waals surface area contributed by atoms with Gasteiger partial charge in [-0.15, -0.1) is 0 Å². The number of rotatable bonds is 3. The van der Waals surface area contributed by atoms with Crippen molar-refractivity contribution in [2.75, 3.05) is 0 Å². The molecule has 1 aromatic carbocycles. The van der Waals surface area contributed by atoms with Crippen LogP contribution in [0.5, 0.6) is 0 Å². The molecule has 0 unspecified atom stereocenters. The predicted octanol–water partition coefficient (Wildman–Crippen LogP) is 2.34. The van der Waals surface area contributed by atoms with E-state index < -0.39 is 15.6 Å². The number of hydrogen-bond acceptors (Lipinski definition) is 3. The van der Waals surface area contributed by atoms with E-state index >= 15 is 0 Å². The molecule has 0 saturated heterocycles. The highest BCUT2D eigenvalue weighted by Crippen LogP contribution is 2.24. The third kappa shape index (κ3) is 3.53. The molecule has 17 heavy (non-hydrogen) atoms. The Balaban J connectivity index is 3.24. The first-order valence-corrected chi connectivity index (χ1v) is 7.17. The highest BCUT2D eigenvalue weighted by molar-refractivity contribution is 9.10. The predicted molar refractivity (Wildman–Crippen MR) is 68.9 cm³/mol. The van der Waals surface area contributed by atoms with Crippen molar-refractivity contribution < 1.29 is 8.42 Å². The molecule has 0 radical (unpaired) electrons. The van der Waals surface area contributed by atoms with Gasteiger partial charge in [-0.2, -0.15) is 9.98 Å². The van der Waals surface area contributed by atoms with E-state index in [2.05, 4.69) is 20.7 Å². The molecule has 0 fully saturated rings. The van der Waals surface area contributed by atoms with Gasteiger partial charge in [0.25, 0.3) is 0 Å². The maximum atomic E-state index is 12.1. The van der Waals surface area contributed by atoms with Gasteiger partial charge in [-0.1, -0.05) is 6.07 Å². The Morgan fingerprint density at radius 3 is 2.53 bits per heavy atom. The van der Waals surface area contributed by atoms with Crippen molar-refractivity contribution in [2.24, 2.45) is 0 Å². The van der Waals surface area contributed by atoms with Crippen molar-refractivity contribution in [3.63, 3.8) is 0 Å². The lowest BCUT2D eigenvalue weighted by atomic mass is 10.1. The van der Waals surface area contributed by atoms with E-state index in [0.29, 0.717) is 4.47 Å². The van der Waals surface area contributed by atoms with E-state index in [1.807, 2.05) is 6.07 Å². The summed E-state index contributed by atoms with van der Waals surface area (Å²) in [5.41, 5.74) is -0.300. The Bertz CT molecular complexity index is 574. The fraction of sp³-hybridized carbons (Fsp3) is 0.364. The average Bonchev–Trinajstić information content (AvgIpc) is 2.20. The van der Waals surface area contributed by atoms with Gasteiger partial charge in [0.05, 0.1) is 11.0 Å². The molecule has 1 rings (SSSR count). The van der Waals surface area contributed by atoms with E-state index in [0.717, 1.165) is 5.56 Å². The van der Waals surface area contributed by atoms with E-state index in [1.165, 1.54) is 13.8 Å². The van der Waals surface area contributed by atoms with Crippen LogP contribution in [0.15, 0.2) is 27.6 Å². The topological polar surface area (TPSA) is 70.0 Å². The minimum Gasteiger partial charge on any atom is -0.207 e. The lowest BCUT2D eigenvalue weighted by Gasteiger charge is -2.18. The molecule has 0 heterocycles. The third-order valence-electron chi connectivity index (χ3n) is 2.05. The van der Waals surface area contributed by atoms with Crippen molar-refractivity contribution in [3.05, 3.63) is 28.2 Å². The summed E-state index contributed by atoms with van der Waals surface area (Å²) in [6.07, 6.45) is 0. The lowest BCUT2D eigenvalue weighted by molar-refractivity contribution is 0.535. The zero-order chi connectivity index (χ0) is 13.3. The monoisotopic (exact) mass is 316 g/mol. The number of nitriles is 1. The van der Waals surface area contributed by atoms with Gasteiger partial charge < -0.3 is 0 Å². The molecular formula is C11H13BrN2O2S. The third-order valence-corrected chi connectivity index (χ3v) is 4.70. The number of nitrogens with one attached hydrogen (secondary N) is 1. The van der Waals surface area contributed by atoms with Gasteiger partial charge in [-0.25, -0.2) is 8.42 Å². The van der Waals surface area contributed by atoms with Gasteiger partial charge in [0.2, 0.25) is 10.0 Å². The summed E-state index contributed by atoms with van der Waals surface area (Å²) in [6.45, 7) is 4.82. The summed E-state index contributed by atoms with van der Waals surface area (Å²) < 4.78 is 27.0. The Morgan fingerprint density at radius 1 is 1.41 bits per heavy atom. The fourth-order valence-corrected chi connectivity index (χ4v) is 3.61. The van der Waals surface area contributed by atoms with Gasteiger partial charge in [0.1, 0.15) is 5.54 Å². The largest absolute Gasteiger partial charge is 0.243 e. The van der Waals surface area contributed by atoms with Crippen LogP contribution in [-0.2, 0) is 10.0 Å². The van der Waals surface area contributed by atoms with Crippen LogP contribution in [0.2, 0.25) is 0 Å². The summed E-state index contributed by atoms with van der Waals surface area (Å²) in [7, 11) is -3.70. The van der Waals surface area contributed by atoms with E-state index in [4.69, 9.17) is 5.26 Å². The molecule has 0 amide bonds. The first-order valence-electron chi connectivity index (χ1n) is 4.89. The standard InChI is InChI=1S/C11H13BrN2O2S/c1-8-4-5-9(12)10(6-8)17(15,16)14-11(2,3)7-13/h4-6,14H,1-3H3. The van der Waals surface area contributed by atoms with Crippen LogP contribution in [0, 0.1) is 18.3 Å². The Morgan fingerprint density at radius 2 is 2.00 bits per heavy atom. The first-order chi connectivity index (χ1) is 7.68. The van der Waals surface area contributed by atoms with Crippen LogP contribution in [0.4, 0.5) is 0 Å². The minimum absolute atomic E-state index is 0.140. The first kappa shape index (κ1) is 14.2. The molecule has 0 atom stereocenters. The molecular weight excluding hydrogens is 304 g/mol. The number of sulfonamides is 1. The maximum absolute atomic E-state index is 12.1. The summed E-state index contributed by atoms with van der Waals surface area (Å²) in [5, 5.41) is 8.84. The molecule has 0 aliphatic heterocycles. The van der Waals surface area contributed by atoms with Crippen molar-refractivity contribution >= 4 is 26.0 Å². The second-order valence-electron chi connectivity index (χ2n) is 4.28. The average molecular weight is 317 g/mol. The fourth-order valence-electron chi connectivity index (χ4n) is 1.23. The quantitative estimate of drug-likeness (QED) is 0.930. The van der Waals surface area contributed by atoms with Crippen LogP contribution >= 0.6 is 15.9 Å². The molecule has 0 spiro atoms. The number of aryl methyl sites for hydroxylation is 1. The molecule has 1 N–H and O–H groups in total. The number of benzene rings is 1. The van der Waals surface area contributed by atoms with Gasteiger partial charge >= 0.3 is 0 Å². The van der Waals surface area contributed by atoms with Crippen molar-refractivity contribution in [1.82, 2.24) is 4.72 Å². The molecule has 6 heteroatoms. The molecule has 0 aromatic heterocycles. The van der Waals surface area contributed by atoms with Crippen LogP contribution in [0.25, 0.3) is 0 Å². The van der Waals surface area contributed by atoms with Crippen LogP contribution < -0.4 is 4.72 Å². The molecule has 0 bridgehead atoms. The SMILES string of the molecule is Cc1ccc(Br)c(S(=O)(=O)NC(C)(C)C#N)c1. The summed E-state index contributed by atoms with van der Waals surface area (Å²) >= 11 is 3.19. The summed E-state index contributed by atoms with van der Waals surface area (Å²) in [6, 6.07) is 6.93. The molecule has 0 aliphatic carbocycles.